The molecule has 1 rings (SSSR count). The number of rotatable bonds is 2. The molecule has 0 unspecified atom stereocenters. The Bertz CT molecular complexity index is 291. The average molecular weight is 160 g/mol. The van der Waals surface area contributed by atoms with E-state index in [4.69, 9.17) is 0 Å². The molecule has 0 radical (unpaired) electrons. The van der Waals surface area contributed by atoms with E-state index in [9.17, 15) is 5.11 Å². The second-order valence-corrected chi connectivity index (χ2v) is 2.77. The summed E-state index contributed by atoms with van der Waals surface area (Å²) in [6, 6.07) is 7.52. The molecule has 1 aromatic rings. The van der Waals surface area contributed by atoms with Crippen LogP contribution >= 0.6 is 0 Å². The molecule has 0 saturated heterocycles. The first kappa shape index (κ1) is 8.60. The van der Waals surface area contributed by atoms with Crippen molar-refractivity contribution in [3.63, 3.8) is 0 Å². The van der Waals surface area contributed by atoms with Crippen LogP contribution in [0.4, 0.5) is 0 Å². The molecule has 0 bridgehead atoms. The summed E-state index contributed by atoms with van der Waals surface area (Å²) in [5.74, 6) is 0.0913. The maximum atomic E-state index is 9.22. The van der Waals surface area contributed by atoms with Gasteiger partial charge in [0.25, 0.3) is 0 Å². The van der Waals surface area contributed by atoms with Crippen molar-refractivity contribution >= 4 is 11.3 Å². The van der Waals surface area contributed by atoms with Crippen LogP contribution in [0.1, 0.15) is 18.1 Å². The van der Waals surface area contributed by atoms with Crippen LogP contribution in [-0.4, -0.2) is 5.11 Å². The van der Waals surface area contributed by atoms with Gasteiger partial charge in [0.1, 0.15) is 5.76 Å². The van der Waals surface area contributed by atoms with Gasteiger partial charge in [0, 0.05) is 5.56 Å². The Morgan fingerprint density at radius 1 is 1.17 bits per heavy atom. The van der Waals surface area contributed by atoms with Gasteiger partial charge < -0.3 is 5.11 Å². The first-order chi connectivity index (χ1) is 5.63. The Labute approximate surface area is 72.7 Å². The summed E-state index contributed by atoms with van der Waals surface area (Å²) in [7, 11) is 0. The summed E-state index contributed by atoms with van der Waals surface area (Å²) in [6.45, 7) is 9.20. The van der Waals surface area contributed by atoms with Gasteiger partial charge in [-0.25, -0.2) is 0 Å². The molecule has 0 aliphatic rings. The van der Waals surface area contributed by atoms with E-state index in [0.717, 1.165) is 16.7 Å². The number of allylic oxidation sites excluding steroid dienone is 1. The predicted octanol–water partition coefficient (Wildman–Crippen LogP) is 3.25. The lowest BCUT2D eigenvalue weighted by molar-refractivity contribution is 0.513. The minimum absolute atomic E-state index is 0.0913. The molecule has 62 valence electrons. The highest BCUT2D eigenvalue weighted by atomic mass is 16.3. The van der Waals surface area contributed by atoms with Crippen molar-refractivity contribution in [3.8, 4) is 0 Å². The van der Waals surface area contributed by atoms with Crippen molar-refractivity contribution in [2.75, 3.05) is 0 Å². The molecule has 0 atom stereocenters. The zero-order valence-electron chi connectivity index (χ0n) is 7.17. The summed E-state index contributed by atoms with van der Waals surface area (Å²) in [5.41, 5.74) is 2.64. The number of aliphatic hydroxyl groups excluding tert-OH is 1. The third-order valence-electron chi connectivity index (χ3n) is 1.70. The van der Waals surface area contributed by atoms with Gasteiger partial charge in [0.15, 0.2) is 0 Å². The molecular weight excluding hydrogens is 148 g/mol. The molecule has 0 fully saturated rings. The van der Waals surface area contributed by atoms with Crippen molar-refractivity contribution in [1.82, 2.24) is 0 Å². The zero-order valence-corrected chi connectivity index (χ0v) is 7.17. The van der Waals surface area contributed by atoms with Gasteiger partial charge in [-0.05, 0) is 12.5 Å². The molecule has 0 aliphatic heterocycles. The molecule has 1 aromatic carbocycles. The van der Waals surface area contributed by atoms with E-state index in [1.54, 1.807) is 0 Å². The fourth-order valence-corrected chi connectivity index (χ4v) is 1.11. The summed E-state index contributed by atoms with van der Waals surface area (Å²) in [5, 5.41) is 9.22. The van der Waals surface area contributed by atoms with Crippen LogP contribution in [0.15, 0.2) is 37.4 Å². The lowest BCUT2D eigenvalue weighted by atomic mass is 10.0. The minimum Gasteiger partial charge on any atom is -0.508 e. The second-order valence-electron chi connectivity index (χ2n) is 2.77. The molecule has 0 heterocycles. The van der Waals surface area contributed by atoms with Crippen molar-refractivity contribution < 1.29 is 5.11 Å². The standard InChI is InChI=1S/C11H12O/c1-8(2)10-6-4-5-7-11(10)9(3)12/h4-7,12H,1,3H2,2H3. The van der Waals surface area contributed by atoms with E-state index in [0.29, 0.717) is 0 Å². The van der Waals surface area contributed by atoms with Crippen LogP contribution in [0, 0.1) is 0 Å². The maximum Gasteiger partial charge on any atom is 0.116 e. The molecule has 0 aliphatic carbocycles. The molecule has 0 saturated carbocycles. The Kier molecular flexibility index (Phi) is 2.34. The van der Waals surface area contributed by atoms with E-state index >= 15 is 0 Å². The van der Waals surface area contributed by atoms with Crippen molar-refractivity contribution in [1.29, 1.82) is 0 Å². The number of benzene rings is 1. The monoisotopic (exact) mass is 160 g/mol. The van der Waals surface area contributed by atoms with Gasteiger partial charge >= 0.3 is 0 Å². The van der Waals surface area contributed by atoms with Crippen LogP contribution < -0.4 is 0 Å². The highest BCUT2D eigenvalue weighted by molar-refractivity contribution is 5.74. The zero-order chi connectivity index (χ0) is 9.14. The minimum atomic E-state index is 0.0913. The maximum absolute atomic E-state index is 9.22. The summed E-state index contributed by atoms with van der Waals surface area (Å²) < 4.78 is 0. The van der Waals surface area contributed by atoms with Crippen molar-refractivity contribution in [2.24, 2.45) is 0 Å². The molecular formula is C11H12O. The third kappa shape index (κ3) is 1.56. The quantitative estimate of drug-likeness (QED) is 0.658. The van der Waals surface area contributed by atoms with Crippen LogP contribution in [0.5, 0.6) is 0 Å². The van der Waals surface area contributed by atoms with Crippen LogP contribution in [0.2, 0.25) is 0 Å². The van der Waals surface area contributed by atoms with E-state index in [-0.39, 0.29) is 5.76 Å². The number of hydrogen-bond acceptors (Lipinski definition) is 1. The number of aliphatic hydroxyl groups is 1. The van der Waals surface area contributed by atoms with Crippen LogP contribution in [0.25, 0.3) is 11.3 Å². The fraction of sp³-hybridized carbons (Fsp3) is 0.0909. The molecule has 1 N–H and O–H groups in total. The van der Waals surface area contributed by atoms with Crippen LogP contribution in [-0.2, 0) is 0 Å². The first-order valence-electron chi connectivity index (χ1n) is 3.76. The predicted molar refractivity (Wildman–Crippen MR) is 52.8 cm³/mol. The van der Waals surface area contributed by atoms with Crippen molar-refractivity contribution in [2.45, 2.75) is 6.92 Å². The molecule has 0 spiro atoms. The van der Waals surface area contributed by atoms with Gasteiger partial charge in [-0.1, -0.05) is 43.0 Å². The summed E-state index contributed by atoms with van der Waals surface area (Å²) >= 11 is 0. The number of hydrogen-bond donors (Lipinski definition) is 1. The smallest absolute Gasteiger partial charge is 0.116 e. The molecule has 0 aromatic heterocycles. The van der Waals surface area contributed by atoms with E-state index < -0.39 is 0 Å². The van der Waals surface area contributed by atoms with E-state index in [2.05, 4.69) is 13.2 Å². The SMILES string of the molecule is C=C(C)c1ccccc1C(=C)O. The lowest BCUT2D eigenvalue weighted by Gasteiger charge is -2.06. The Balaban J connectivity index is 3.27. The van der Waals surface area contributed by atoms with Crippen LogP contribution in [0.3, 0.4) is 0 Å². The van der Waals surface area contributed by atoms with Crippen molar-refractivity contribution in [3.05, 3.63) is 48.6 Å². The second kappa shape index (κ2) is 3.26. The summed E-state index contributed by atoms with van der Waals surface area (Å²) in [6.07, 6.45) is 0. The third-order valence-corrected chi connectivity index (χ3v) is 1.70. The molecule has 12 heavy (non-hydrogen) atoms. The first-order valence-corrected chi connectivity index (χ1v) is 3.76. The summed E-state index contributed by atoms with van der Waals surface area (Å²) in [4.78, 5) is 0. The normalized spacial score (nSPS) is 9.42. The lowest BCUT2D eigenvalue weighted by Crippen LogP contribution is -1.88. The van der Waals surface area contributed by atoms with E-state index in [1.165, 1.54) is 0 Å². The highest BCUT2D eigenvalue weighted by Crippen LogP contribution is 2.21. The van der Waals surface area contributed by atoms with Gasteiger partial charge in [0.2, 0.25) is 0 Å². The highest BCUT2D eigenvalue weighted by Gasteiger charge is 2.03. The molecule has 1 nitrogen and oxygen atoms in total. The van der Waals surface area contributed by atoms with E-state index in [1.807, 2.05) is 31.2 Å². The van der Waals surface area contributed by atoms with Gasteiger partial charge in [-0.2, -0.15) is 0 Å². The Hall–Kier alpha value is -1.50. The van der Waals surface area contributed by atoms with Gasteiger partial charge in [-0.3, -0.25) is 0 Å². The average Bonchev–Trinajstić information content (AvgIpc) is 2.04. The Morgan fingerprint density at radius 3 is 2.00 bits per heavy atom. The largest absolute Gasteiger partial charge is 0.508 e. The Morgan fingerprint density at radius 2 is 1.67 bits per heavy atom. The van der Waals surface area contributed by atoms with Gasteiger partial charge in [0.05, 0.1) is 0 Å². The van der Waals surface area contributed by atoms with Gasteiger partial charge in [-0.15, -0.1) is 0 Å². The molecule has 0 amide bonds. The topological polar surface area (TPSA) is 20.2 Å². The fourth-order valence-electron chi connectivity index (χ4n) is 1.11. The molecule has 1 heteroatoms.